The standard InChI is InChI=1S/C8H11NO.C2H6/c1-6-3-7(9)5-8(4-6)10-2;1-2/h3-5H,9H2,1-2H3;1-2H3. The van der Waals surface area contributed by atoms with E-state index in [-0.39, 0.29) is 0 Å². The van der Waals surface area contributed by atoms with E-state index in [9.17, 15) is 0 Å². The number of anilines is 1. The Bertz CT molecular complexity index is 213. The monoisotopic (exact) mass is 167 g/mol. The third kappa shape index (κ3) is 3.28. The van der Waals surface area contributed by atoms with Gasteiger partial charge in [0.25, 0.3) is 0 Å². The summed E-state index contributed by atoms with van der Waals surface area (Å²) in [5.74, 6) is 0.817. The molecule has 0 aliphatic carbocycles. The van der Waals surface area contributed by atoms with Gasteiger partial charge >= 0.3 is 0 Å². The van der Waals surface area contributed by atoms with Gasteiger partial charge in [0.15, 0.2) is 0 Å². The van der Waals surface area contributed by atoms with Crippen LogP contribution in [0.4, 0.5) is 5.69 Å². The van der Waals surface area contributed by atoms with E-state index in [1.165, 1.54) is 0 Å². The van der Waals surface area contributed by atoms with Crippen molar-refractivity contribution in [2.45, 2.75) is 20.8 Å². The Kier molecular flexibility index (Phi) is 4.93. The van der Waals surface area contributed by atoms with Crippen LogP contribution in [-0.4, -0.2) is 7.11 Å². The second kappa shape index (κ2) is 5.47. The number of nitrogens with two attached hydrogens (primary N) is 1. The van der Waals surface area contributed by atoms with Crippen LogP contribution in [0.25, 0.3) is 0 Å². The fourth-order valence-electron chi connectivity index (χ4n) is 0.894. The highest BCUT2D eigenvalue weighted by atomic mass is 16.5. The summed E-state index contributed by atoms with van der Waals surface area (Å²) < 4.78 is 5.00. The smallest absolute Gasteiger partial charge is 0.121 e. The Morgan fingerprint density at radius 3 is 2.17 bits per heavy atom. The number of aryl methyl sites for hydroxylation is 1. The van der Waals surface area contributed by atoms with Gasteiger partial charge < -0.3 is 10.5 Å². The molecule has 68 valence electrons. The maximum atomic E-state index is 5.56. The molecule has 12 heavy (non-hydrogen) atoms. The molecule has 0 heterocycles. The molecule has 0 atom stereocenters. The lowest BCUT2D eigenvalue weighted by atomic mass is 10.2. The van der Waals surface area contributed by atoms with Gasteiger partial charge in [-0.05, 0) is 24.6 Å². The van der Waals surface area contributed by atoms with E-state index in [1.54, 1.807) is 13.2 Å². The van der Waals surface area contributed by atoms with Gasteiger partial charge in [0.1, 0.15) is 5.75 Å². The third-order valence-electron chi connectivity index (χ3n) is 1.31. The molecule has 0 bridgehead atoms. The van der Waals surface area contributed by atoms with Crippen LogP contribution in [0, 0.1) is 6.92 Å². The van der Waals surface area contributed by atoms with Crippen molar-refractivity contribution in [3.63, 3.8) is 0 Å². The summed E-state index contributed by atoms with van der Waals surface area (Å²) in [6, 6.07) is 5.64. The molecule has 0 radical (unpaired) electrons. The highest BCUT2D eigenvalue weighted by Gasteiger charge is 1.92. The number of hydrogen-bond donors (Lipinski definition) is 1. The molecule has 2 nitrogen and oxygen atoms in total. The Morgan fingerprint density at radius 2 is 1.75 bits per heavy atom. The Balaban J connectivity index is 0.000000561. The van der Waals surface area contributed by atoms with Gasteiger partial charge in [-0.2, -0.15) is 0 Å². The van der Waals surface area contributed by atoms with E-state index < -0.39 is 0 Å². The summed E-state index contributed by atoms with van der Waals surface area (Å²) >= 11 is 0. The Hall–Kier alpha value is -1.18. The van der Waals surface area contributed by atoms with E-state index in [0.717, 1.165) is 17.0 Å². The van der Waals surface area contributed by atoms with Gasteiger partial charge in [-0.15, -0.1) is 0 Å². The van der Waals surface area contributed by atoms with E-state index in [4.69, 9.17) is 10.5 Å². The molecule has 2 heteroatoms. The van der Waals surface area contributed by atoms with E-state index in [2.05, 4.69) is 0 Å². The molecular weight excluding hydrogens is 150 g/mol. The molecule has 0 spiro atoms. The first-order valence-electron chi connectivity index (χ1n) is 4.13. The zero-order valence-corrected chi connectivity index (χ0v) is 8.22. The molecule has 0 saturated heterocycles. The maximum Gasteiger partial charge on any atom is 0.121 e. The fourth-order valence-corrected chi connectivity index (χ4v) is 0.894. The normalized spacial score (nSPS) is 8.33. The van der Waals surface area contributed by atoms with Crippen molar-refractivity contribution in [1.82, 2.24) is 0 Å². The van der Waals surface area contributed by atoms with Gasteiger partial charge in [-0.25, -0.2) is 0 Å². The second-order valence-electron chi connectivity index (χ2n) is 2.28. The van der Waals surface area contributed by atoms with Crippen molar-refractivity contribution in [2.24, 2.45) is 0 Å². The number of hydrogen-bond acceptors (Lipinski definition) is 2. The Labute approximate surface area is 74.4 Å². The molecule has 2 N–H and O–H groups in total. The molecular formula is C10H17NO. The fraction of sp³-hybridized carbons (Fsp3) is 0.400. The van der Waals surface area contributed by atoms with Crippen LogP contribution in [0.1, 0.15) is 19.4 Å². The minimum atomic E-state index is 0.747. The van der Waals surface area contributed by atoms with Gasteiger partial charge in [0.2, 0.25) is 0 Å². The average molecular weight is 167 g/mol. The predicted molar refractivity (Wildman–Crippen MR) is 53.5 cm³/mol. The lowest BCUT2D eigenvalue weighted by Crippen LogP contribution is -1.88. The summed E-state index contributed by atoms with van der Waals surface area (Å²) in [6.45, 7) is 5.98. The van der Waals surface area contributed by atoms with Crippen molar-refractivity contribution in [3.05, 3.63) is 23.8 Å². The average Bonchev–Trinajstić information content (AvgIpc) is 2.06. The van der Waals surface area contributed by atoms with Gasteiger partial charge in [-0.3, -0.25) is 0 Å². The molecule has 0 aliphatic rings. The summed E-state index contributed by atoms with van der Waals surface area (Å²) in [4.78, 5) is 0. The molecule has 0 amide bonds. The van der Waals surface area contributed by atoms with Crippen LogP contribution in [0.15, 0.2) is 18.2 Å². The molecule has 0 fully saturated rings. The van der Waals surface area contributed by atoms with Gasteiger partial charge in [0.05, 0.1) is 7.11 Å². The molecule has 0 unspecified atom stereocenters. The predicted octanol–water partition coefficient (Wildman–Crippen LogP) is 2.61. The van der Waals surface area contributed by atoms with Crippen LogP contribution >= 0.6 is 0 Å². The quantitative estimate of drug-likeness (QED) is 0.652. The van der Waals surface area contributed by atoms with E-state index >= 15 is 0 Å². The van der Waals surface area contributed by atoms with Crippen molar-refractivity contribution >= 4 is 5.69 Å². The number of nitrogen functional groups attached to an aromatic ring is 1. The first kappa shape index (κ1) is 10.8. The zero-order valence-electron chi connectivity index (χ0n) is 8.22. The number of rotatable bonds is 1. The summed E-state index contributed by atoms with van der Waals surface area (Å²) in [6.07, 6.45) is 0. The van der Waals surface area contributed by atoms with Crippen LogP contribution in [-0.2, 0) is 0 Å². The lowest BCUT2D eigenvalue weighted by molar-refractivity contribution is 0.414. The molecule has 1 rings (SSSR count). The highest BCUT2D eigenvalue weighted by molar-refractivity contribution is 5.47. The van der Waals surface area contributed by atoms with Gasteiger partial charge in [0, 0.05) is 11.8 Å². The first-order valence-corrected chi connectivity index (χ1v) is 4.13. The first-order chi connectivity index (χ1) is 5.72. The summed E-state index contributed by atoms with van der Waals surface area (Å²) in [7, 11) is 1.63. The molecule has 0 saturated carbocycles. The van der Waals surface area contributed by atoms with Crippen LogP contribution in [0.5, 0.6) is 5.75 Å². The van der Waals surface area contributed by atoms with Crippen molar-refractivity contribution in [1.29, 1.82) is 0 Å². The van der Waals surface area contributed by atoms with E-state index in [0.29, 0.717) is 0 Å². The number of ether oxygens (including phenoxy) is 1. The van der Waals surface area contributed by atoms with Crippen molar-refractivity contribution in [3.8, 4) is 5.75 Å². The molecule has 0 aliphatic heterocycles. The number of methoxy groups -OCH3 is 1. The minimum Gasteiger partial charge on any atom is -0.497 e. The minimum absolute atomic E-state index is 0.747. The summed E-state index contributed by atoms with van der Waals surface area (Å²) in [5, 5.41) is 0. The zero-order chi connectivity index (χ0) is 9.56. The summed E-state index contributed by atoms with van der Waals surface area (Å²) in [5.41, 5.74) is 7.42. The van der Waals surface area contributed by atoms with Crippen molar-refractivity contribution in [2.75, 3.05) is 12.8 Å². The van der Waals surface area contributed by atoms with Gasteiger partial charge in [-0.1, -0.05) is 13.8 Å². The SMILES string of the molecule is CC.COc1cc(C)cc(N)c1. The molecule has 1 aromatic carbocycles. The third-order valence-corrected chi connectivity index (χ3v) is 1.31. The van der Waals surface area contributed by atoms with Crippen LogP contribution in [0.3, 0.4) is 0 Å². The second-order valence-corrected chi connectivity index (χ2v) is 2.28. The molecule has 0 aromatic heterocycles. The van der Waals surface area contributed by atoms with Crippen molar-refractivity contribution < 1.29 is 4.74 Å². The Morgan fingerprint density at radius 1 is 1.17 bits per heavy atom. The number of benzene rings is 1. The van der Waals surface area contributed by atoms with Crippen LogP contribution < -0.4 is 10.5 Å². The topological polar surface area (TPSA) is 35.2 Å². The maximum absolute atomic E-state index is 5.56. The highest BCUT2D eigenvalue weighted by Crippen LogP contribution is 2.16. The molecule has 1 aromatic rings. The largest absolute Gasteiger partial charge is 0.497 e. The lowest BCUT2D eigenvalue weighted by Gasteiger charge is -2.01. The van der Waals surface area contributed by atoms with Crippen LogP contribution in [0.2, 0.25) is 0 Å². The van der Waals surface area contributed by atoms with E-state index in [1.807, 2.05) is 32.9 Å².